The number of carbonyl (C=O) groups is 1. The molecule has 106 valence electrons. The highest BCUT2D eigenvalue weighted by molar-refractivity contribution is 5.94. The number of benzene rings is 2. The van der Waals surface area contributed by atoms with E-state index in [1.54, 1.807) is 31.2 Å². The molecule has 21 heavy (non-hydrogen) atoms. The van der Waals surface area contributed by atoms with Gasteiger partial charge in [-0.3, -0.25) is 4.79 Å². The predicted molar refractivity (Wildman–Crippen MR) is 81.1 cm³/mol. The van der Waals surface area contributed by atoms with E-state index in [-0.39, 0.29) is 5.91 Å². The Labute approximate surface area is 124 Å². The lowest BCUT2D eigenvalue weighted by Gasteiger charge is -2.16. The maximum absolute atomic E-state index is 12.1. The Balaban J connectivity index is 2.07. The Morgan fingerprint density at radius 3 is 2.57 bits per heavy atom. The summed E-state index contributed by atoms with van der Waals surface area (Å²) in [6.45, 7) is 3.58. The van der Waals surface area contributed by atoms with Crippen molar-refractivity contribution in [2.45, 2.75) is 20.0 Å². The summed E-state index contributed by atoms with van der Waals surface area (Å²) in [6, 6.07) is 16.4. The van der Waals surface area contributed by atoms with Crippen LogP contribution in [0.3, 0.4) is 0 Å². The third-order valence-electron chi connectivity index (χ3n) is 3.08. The topological polar surface area (TPSA) is 62.1 Å². The van der Waals surface area contributed by atoms with Crippen LogP contribution in [0.2, 0.25) is 0 Å². The molecule has 4 nitrogen and oxygen atoms in total. The van der Waals surface area contributed by atoms with Crippen LogP contribution >= 0.6 is 0 Å². The van der Waals surface area contributed by atoms with E-state index in [0.717, 1.165) is 11.3 Å². The first-order chi connectivity index (χ1) is 10.1. The van der Waals surface area contributed by atoms with E-state index in [1.165, 1.54) is 0 Å². The van der Waals surface area contributed by atoms with Crippen molar-refractivity contribution in [1.82, 2.24) is 0 Å². The van der Waals surface area contributed by atoms with Crippen molar-refractivity contribution < 1.29 is 9.53 Å². The minimum atomic E-state index is -0.695. The van der Waals surface area contributed by atoms with Crippen molar-refractivity contribution in [2.24, 2.45) is 0 Å². The lowest BCUT2D eigenvalue weighted by molar-refractivity contribution is -0.122. The fourth-order valence-corrected chi connectivity index (χ4v) is 1.85. The summed E-state index contributed by atoms with van der Waals surface area (Å²) in [6.07, 6.45) is -0.695. The van der Waals surface area contributed by atoms with E-state index in [4.69, 9.17) is 10.00 Å². The van der Waals surface area contributed by atoms with Gasteiger partial charge in [-0.2, -0.15) is 5.26 Å². The van der Waals surface area contributed by atoms with Gasteiger partial charge in [0.1, 0.15) is 11.8 Å². The standard InChI is InChI=1S/C17H16N2O2/c1-12-7-3-5-9-15(12)19-17(20)13(2)21-16-10-6-4-8-14(16)11-18/h3-10,13H,1-2H3,(H,19,20). The molecule has 0 saturated carbocycles. The molecular weight excluding hydrogens is 264 g/mol. The number of anilines is 1. The Hall–Kier alpha value is -2.80. The van der Waals surface area contributed by atoms with E-state index >= 15 is 0 Å². The number of nitriles is 1. The van der Waals surface area contributed by atoms with Gasteiger partial charge < -0.3 is 10.1 Å². The number of rotatable bonds is 4. The number of aryl methyl sites for hydroxylation is 1. The quantitative estimate of drug-likeness (QED) is 0.935. The molecule has 0 fully saturated rings. The molecule has 0 aliphatic carbocycles. The number of ether oxygens (including phenoxy) is 1. The van der Waals surface area contributed by atoms with Gasteiger partial charge in [-0.1, -0.05) is 30.3 Å². The number of nitrogens with one attached hydrogen (secondary N) is 1. The summed E-state index contributed by atoms with van der Waals surface area (Å²) in [5.41, 5.74) is 2.15. The molecule has 0 saturated heterocycles. The largest absolute Gasteiger partial charge is 0.480 e. The lowest BCUT2D eigenvalue weighted by Crippen LogP contribution is -2.30. The van der Waals surface area contributed by atoms with Gasteiger partial charge in [0.05, 0.1) is 5.56 Å². The summed E-state index contributed by atoms with van der Waals surface area (Å²) < 4.78 is 5.58. The van der Waals surface area contributed by atoms with Crippen LogP contribution in [0, 0.1) is 18.3 Å². The molecule has 1 N–H and O–H groups in total. The Bertz CT molecular complexity index is 689. The highest BCUT2D eigenvalue weighted by atomic mass is 16.5. The van der Waals surface area contributed by atoms with Crippen molar-refractivity contribution in [3.05, 3.63) is 59.7 Å². The fraction of sp³-hybridized carbons (Fsp3) is 0.176. The molecule has 0 spiro atoms. The van der Waals surface area contributed by atoms with E-state index in [9.17, 15) is 4.79 Å². The smallest absolute Gasteiger partial charge is 0.265 e. The second-order valence-electron chi connectivity index (χ2n) is 4.67. The molecule has 0 aliphatic heterocycles. The maximum Gasteiger partial charge on any atom is 0.265 e. The van der Waals surface area contributed by atoms with E-state index in [2.05, 4.69) is 5.32 Å². The molecule has 1 unspecified atom stereocenters. The fourth-order valence-electron chi connectivity index (χ4n) is 1.85. The monoisotopic (exact) mass is 280 g/mol. The first kappa shape index (κ1) is 14.6. The highest BCUT2D eigenvalue weighted by Gasteiger charge is 2.16. The minimum absolute atomic E-state index is 0.253. The van der Waals surface area contributed by atoms with Crippen LogP contribution in [0.4, 0.5) is 5.69 Å². The van der Waals surface area contributed by atoms with Gasteiger partial charge in [-0.05, 0) is 37.6 Å². The van der Waals surface area contributed by atoms with Gasteiger partial charge in [0.25, 0.3) is 5.91 Å². The summed E-state index contributed by atoms with van der Waals surface area (Å²) in [5, 5.41) is 11.8. The van der Waals surface area contributed by atoms with Gasteiger partial charge in [0.2, 0.25) is 0 Å². The molecule has 1 atom stereocenters. The molecule has 0 bridgehead atoms. The number of para-hydroxylation sites is 2. The number of carbonyl (C=O) groups excluding carboxylic acids is 1. The van der Waals surface area contributed by atoms with Crippen LogP contribution in [0.5, 0.6) is 5.75 Å². The second kappa shape index (κ2) is 6.58. The SMILES string of the molecule is Cc1ccccc1NC(=O)C(C)Oc1ccccc1C#N. The third kappa shape index (κ3) is 3.61. The Morgan fingerprint density at radius 2 is 1.86 bits per heavy atom. The van der Waals surface area contributed by atoms with Crippen molar-refractivity contribution in [1.29, 1.82) is 5.26 Å². The van der Waals surface area contributed by atoms with E-state index in [1.807, 2.05) is 37.3 Å². The first-order valence-corrected chi connectivity index (χ1v) is 6.64. The zero-order valence-corrected chi connectivity index (χ0v) is 12.0. The predicted octanol–water partition coefficient (Wildman–Crippen LogP) is 3.27. The summed E-state index contributed by atoms with van der Waals surface area (Å²) >= 11 is 0. The van der Waals surface area contributed by atoms with Crippen LogP contribution in [-0.2, 0) is 4.79 Å². The number of hydrogen-bond acceptors (Lipinski definition) is 3. The second-order valence-corrected chi connectivity index (χ2v) is 4.67. The van der Waals surface area contributed by atoms with Crippen LogP contribution in [-0.4, -0.2) is 12.0 Å². The van der Waals surface area contributed by atoms with Crippen LogP contribution in [0.1, 0.15) is 18.1 Å². The number of hydrogen-bond donors (Lipinski definition) is 1. The molecule has 2 rings (SSSR count). The molecular formula is C17H16N2O2. The first-order valence-electron chi connectivity index (χ1n) is 6.64. The number of nitrogens with zero attached hydrogens (tertiary/aromatic N) is 1. The molecule has 2 aromatic carbocycles. The van der Waals surface area contributed by atoms with Gasteiger partial charge in [0.15, 0.2) is 6.10 Å². The normalized spacial score (nSPS) is 11.3. The van der Waals surface area contributed by atoms with Crippen molar-refractivity contribution >= 4 is 11.6 Å². The minimum Gasteiger partial charge on any atom is -0.480 e. The molecule has 1 amide bonds. The van der Waals surface area contributed by atoms with Gasteiger partial charge in [-0.15, -0.1) is 0 Å². The van der Waals surface area contributed by atoms with Gasteiger partial charge in [0, 0.05) is 5.69 Å². The summed E-state index contributed by atoms with van der Waals surface area (Å²) in [4.78, 5) is 12.1. The van der Waals surface area contributed by atoms with Crippen LogP contribution in [0.25, 0.3) is 0 Å². The maximum atomic E-state index is 12.1. The third-order valence-corrected chi connectivity index (χ3v) is 3.08. The summed E-state index contributed by atoms with van der Waals surface area (Å²) in [7, 11) is 0. The summed E-state index contributed by atoms with van der Waals surface area (Å²) in [5.74, 6) is 0.157. The average Bonchev–Trinajstić information content (AvgIpc) is 2.50. The van der Waals surface area contributed by atoms with Crippen molar-refractivity contribution in [2.75, 3.05) is 5.32 Å². The zero-order valence-electron chi connectivity index (χ0n) is 12.0. The van der Waals surface area contributed by atoms with Gasteiger partial charge >= 0.3 is 0 Å². The van der Waals surface area contributed by atoms with Crippen molar-refractivity contribution in [3.8, 4) is 11.8 Å². The van der Waals surface area contributed by atoms with E-state index in [0.29, 0.717) is 11.3 Å². The van der Waals surface area contributed by atoms with E-state index < -0.39 is 6.10 Å². The van der Waals surface area contributed by atoms with Crippen LogP contribution < -0.4 is 10.1 Å². The van der Waals surface area contributed by atoms with Gasteiger partial charge in [-0.25, -0.2) is 0 Å². The molecule has 0 aromatic heterocycles. The van der Waals surface area contributed by atoms with Crippen molar-refractivity contribution in [3.63, 3.8) is 0 Å². The molecule has 0 radical (unpaired) electrons. The highest BCUT2D eigenvalue weighted by Crippen LogP contribution is 2.19. The molecule has 0 aliphatic rings. The average molecular weight is 280 g/mol. The number of amides is 1. The Kier molecular flexibility index (Phi) is 4.57. The Morgan fingerprint density at radius 1 is 1.19 bits per heavy atom. The molecule has 2 aromatic rings. The molecule has 4 heteroatoms. The van der Waals surface area contributed by atoms with Crippen LogP contribution in [0.15, 0.2) is 48.5 Å². The zero-order chi connectivity index (χ0) is 15.2. The lowest BCUT2D eigenvalue weighted by atomic mass is 10.2. The molecule has 0 heterocycles.